The first kappa shape index (κ1) is 10.1. The SMILES string of the molecule is Cl.Nc1cccn(C2C[C@H]2F)c1=O. The standard InChI is InChI=1S/C8H9FN2O.ClH/c9-5-4-7(5)11-3-1-2-6(10)8(11)12;/h1-3,5,7H,4,10H2;1H/t5-,7?;/m1./s1. The Labute approximate surface area is 80.8 Å². The third kappa shape index (κ3) is 1.67. The lowest BCUT2D eigenvalue weighted by Gasteiger charge is -2.02. The molecule has 2 rings (SSSR count). The monoisotopic (exact) mass is 204 g/mol. The molecule has 1 aliphatic carbocycles. The number of alkyl halides is 1. The van der Waals surface area contributed by atoms with Gasteiger partial charge >= 0.3 is 0 Å². The lowest BCUT2D eigenvalue weighted by atomic mass is 10.4. The molecule has 1 fully saturated rings. The molecule has 5 heteroatoms. The van der Waals surface area contributed by atoms with Gasteiger partial charge in [-0.25, -0.2) is 4.39 Å². The van der Waals surface area contributed by atoms with Crippen LogP contribution in [0.3, 0.4) is 0 Å². The summed E-state index contributed by atoms with van der Waals surface area (Å²) in [6, 6.07) is 2.90. The molecule has 0 saturated heterocycles. The first-order chi connectivity index (χ1) is 5.70. The van der Waals surface area contributed by atoms with Gasteiger partial charge in [-0.05, 0) is 12.1 Å². The summed E-state index contributed by atoms with van der Waals surface area (Å²) < 4.78 is 13.9. The highest BCUT2D eigenvalue weighted by Crippen LogP contribution is 2.37. The van der Waals surface area contributed by atoms with E-state index in [4.69, 9.17) is 5.73 Å². The Balaban J connectivity index is 0.000000845. The van der Waals surface area contributed by atoms with E-state index in [1.165, 1.54) is 10.6 Å². The van der Waals surface area contributed by atoms with E-state index in [0.717, 1.165) is 0 Å². The highest BCUT2D eigenvalue weighted by molar-refractivity contribution is 5.85. The predicted molar refractivity (Wildman–Crippen MR) is 50.9 cm³/mol. The molecule has 1 unspecified atom stereocenters. The summed E-state index contributed by atoms with van der Waals surface area (Å²) in [6.45, 7) is 0. The van der Waals surface area contributed by atoms with Crippen LogP contribution in [0.15, 0.2) is 23.1 Å². The zero-order valence-corrected chi connectivity index (χ0v) is 7.63. The quantitative estimate of drug-likeness (QED) is 0.746. The average Bonchev–Trinajstić information content (AvgIpc) is 2.73. The molecule has 0 aliphatic heterocycles. The van der Waals surface area contributed by atoms with Gasteiger partial charge in [0.05, 0.1) is 11.7 Å². The van der Waals surface area contributed by atoms with Crippen LogP contribution in [0.2, 0.25) is 0 Å². The van der Waals surface area contributed by atoms with Gasteiger partial charge in [-0.2, -0.15) is 0 Å². The molecule has 0 bridgehead atoms. The maximum Gasteiger partial charge on any atom is 0.274 e. The van der Waals surface area contributed by atoms with Crippen molar-refractivity contribution < 1.29 is 4.39 Å². The Bertz CT molecular complexity index is 365. The molecule has 0 amide bonds. The van der Waals surface area contributed by atoms with Gasteiger partial charge in [-0.15, -0.1) is 12.4 Å². The summed E-state index contributed by atoms with van der Waals surface area (Å²) in [4.78, 5) is 11.3. The van der Waals surface area contributed by atoms with E-state index in [-0.39, 0.29) is 29.7 Å². The van der Waals surface area contributed by atoms with Crippen LogP contribution in [-0.2, 0) is 0 Å². The van der Waals surface area contributed by atoms with Crippen molar-refractivity contribution in [3.05, 3.63) is 28.7 Å². The average molecular weight is 205 g/mol. The number of anilines is 1. The molecule has 1 saturated carbocycles. The molecule has 0 radical (unpaired) electrons. The van der Waals surface area contributed by atoms with Crippen LogP contribution >= 0.6 is 12.4 Å². The van der Waals surface area contributed by atoms with E-state index in [0.29, 0.717) is 6.42 Å². The van der Waals surface area contributed by atoms with Crippen molar-refractivity contribution in [1.82, 2.24) is 4.57 Å². The van der Waals surface area contributed by atoms with Crippen LogP contribution in [0, 0.1) is 0 Å². The highest BCUT2D eigenvalue weighted by Gasteiger charge is 2.39. The Morgan fingerprint density at radius 3 is 2.77 bits per heavy atom. The Morgan fingerprint density at radius 1 is 1.62 bits per heavy atom. The normalized spacial score (nSPS) is 25.0. The Kier molecular flexibility index (Phi) is 2.61. The first-order valence-electron chi connectivity index (χ1n) is 3.81. The third-order valence-electron chi connectivity index (χ3n) is 2.04. The van der Waals surface area contributed by atoms with Crippen molar-refractivity contribution >= 4 is 18.1 Å². The Morgan fingerprint density at radius 2 is 2.23 bits per heavy atom. The van der Waals surface area contributed by atoms with Crippen molar-refractivity contribution in [3.8, 4) is 0 Å². The predicted octanol–water partition coefficient (Wildman–Crippen LogP) is 1.14. The van der Waals surface area contributed by atoms with Crippen molar-refractivity contribution in [1.29, 1.82) is 0 Å². The molecular formula is C8H10ClFN2O. The molecule has 13 heavy (non-hydrogen) atoms. The number of hydrogen-bond acceptors (Lipinski definition) is 2. The zero-order valence-electron chi connectivity index (χ0n) is 6.81. The second kappa shape index (κ2) is 3.38. The van der Waals surface area contributed by atoms with Crippen molar-refractivity contribution in [2.45, 2.75) is 18.6 Å². The molecule has 1 aromatic rings. The topological polar surface area (TPSA) is 48.0 Å². The number of aromatic nitrogens is 1. The molecule has 3 nitrogen and oxygen atoms in total. The van der Waals surface area contributed by atoms with Crippen LogP contribution < -0.4 is 11.3 Å². The van der Waals surface area contributed by atoms with Crippen LogP contribution in [0.4, 0.5) is 10.1 Å². The smallest absolute Gasteiger partial charge is 0.274 e. The van der Waals surface area contributed by atoms with Crippen LogP contribution in [0.5, 0.6) is 0 Å². The minimum atomic E-state index is -0.871. The summed E-state index contributed by atoms with van der Waals surface area (Å²) in [6.07, 6.45) is 1.14. The summed E-state index contributed by atoms with van der Waals surface area (Å²) >= 11 is 0. The zero-order chi connectivity index (χ0) is 8.72. The van der Waals surface area contributed by atoms with Crippen molar-refractivity contribution in [2.24, 2.45) is 0 Å². The fourth-order valence-electron chi connectivity index (χ4n) is 1.23. The molecule has 1 aliphatic rings. The number of nitrogens with two attached hydrogens (primary N) is 1. The fourth-order valence-corrected chi connectivity index (χ4v) is 1.23. The molecule has 2 atom stereocenters. The molecule has 1 heterocycles. The number of nitrogen functional groups attached to an aromatic ring is 1. The van der Waals surface area contributed by atoms with E-state index in [1.807, 2.05) is 0 Å². The van der Waals surface area contributed by atoms with Crippen molar-refractivity contribution in [2.75, 3.05) is 5.73 Å². The molecule has 1 aromatic heterocycles. The van der Waals surface area contributed by atoms with Gasteiger partial charge in [0.1, 0.15) is 6.17 Å². The van der Waals surface area contributed by atoms with Gasteiger partial charge in [-0.3, -0.25) is 4.79 Å². The summed E-state index contributed by atoms with van der Waals surface area (Å²) in [5.41, 5.74) is 5.26. The van der Waals surface area contributed by atoms with E-state index >= 15 is 0 Å². The minimum Gasteiger partial charge on any atom is -0.394 e. The molecule has 0 spiro atoms. The summed E-state index contributed by atoms with van der Waals surface area (Å²) in [5.74, 6) is 0. The summed E-state index contributed by atoms with van der Waals surface area (Å²) in [5, 5.41) is 0. The number of hydrogen-bond donors (Lipinski definition) is 1. The van der Waals surface area contributed by atoms with Crippen LogP contribution in [0.1, 0.15) is 12.5 Å². The van der Waals surface area contributed by atoms with E-state index in [1.54, 1.807) is 12.3 Å². The van der Waals surface area contributed by atoms with Gasteiger partial charge in [-0.1, -0.05) is 0 Å². The maximum atomic E-state index is 12.6. The highest BCUT2D eigenvalue weighted by atomic mass is 35.5. The van der Waals surface area contributed by atoms with E-state index in [2.05, 4.69) is 0 Å². The number of pyridine rings is 1. The fraction of sp³-hybridized carbons (Fsp3) is 0.375. The van der Waals surface area contributed by atoms with Crippen LogP contribution in [0.25, 0.3) is 0 Å². The van der Waals surface area contributed by atoms with Crippen LogP contribution in [-0.4, -0.2) is 10.7 Å². The molecule has 2 N–H and O–H groups in total. The second-order valence-corrected chi connectivity index (χ2v) is 2.99. The largest absolute Gasteiger partial charge is 0.394 e. The van der Waals surface area contributed by atoms with Gasteiger partial charge in [0.15, 0.2) is 0 Å². The molecular weight excluding hydrogens is 195 g/mol. The van der Waals surface area contributed by atoms with Gasteiger partial charge in [0.2, 0.25) is 0 Å². The maximum absolute atomic E-state index is 12.6. The third-order valence-corrected chi connectivity index (χ3v) is 2.04. The molecule has 0 aromatic carbocycles. The Hall–Kier alpha value is -1.03. The van der Waals surface area contributed by atoms with Crippen molar-refractivity contribution in [3.63, 3.8) is 0 Å². The van der Waals surface area contributed by atoms with Gasteiger partial charge in [0, 0.05) is 12.6 Å². The number of halogens is 2. The molecule has 72 valence electrons. The van der Waals surface area contributed by atoms with E-state index < -0.39 is 6.17 Å². The minimum absolute atomic E-state index is 0. The lowest BCUT2D eigenvalue weighted by molar-refractivity contribution is 0.438. The lowest BCUT2D eigenvalue weighted by Crippen LogP contribution is -2.21. The van der Waals surface area contributed by atoms with Gasteiger partial charge < -0.3 is 10.3 Å². The number of nitrogens with zero attached hydrogens (tertiary/aromatic N) is 1. The number of rotatable bonds is 1. The van der Waals surface area contributed by atoms with E-state index in [9.17, 15) is 9.18 Å². The second-order valence-electron chi connectivity index (χ2n) is 2.99. The van der Waals surface area contributed by atoms with Gasteiger partial charge in [0.25, 0.3) is 5.56 Å². The first-order valence-corrected chi connectivity index (χ1v) is 3.81. The summed E-state index contributed by atoms with van der Waals surface area (Å²) in [7, 11) is 0.